The number of aliphatic hydroxyl groups is 1. The standard InChI is InChI=1S/C4H10.C3H8O.C2H4O3.C2H6/c1-4(2)3;1-3(2)4;1-5-2(3)4;1-2/h4H,1-3H3;3-4H,1-2H3;1H3,(H,3,4);1-2H3. The highest BCUT2D eigenvalue weighted by atomic mass is 16.6. The lowest BCUT2D eigenvalue weighted by Crippen LogP contribution is -1.91. The average Bonchev–Trinajstić information content (AvgIpc) is 2.06. The predicted octanol–water partition coefficient (Wildman–Crippen LogP) is 3.39. The summed E-state index contributed by atoms with van der Waals surface area (Å²) in [5, 5.41) is 15.6. The van der Waals surface area contributed by atoms with E-state index in [-0.39, 0.29) is 6.10 Å². The van der Waals surface area contributed by atoms with E-state index in [4.69, 9.17) is 15.0 Å². The molecular weight excluding hydrogens is 196 g/mol. The van der Waals surface area contributed by atoms with E-state index < -0.39 is 6.16 Å². The molecule has 0 amide bonds. The second-order valence-corrected chi connectivity index (χ2v) is 3.30. The number of methoxy groups -OCH3 is 1. The number of carboxylic acid groups (broad SMARTS) is 1. The van der Waals surface area contributed by atoms with Crippen LogP contribution in [0.5, 0.6) is 0 Å². The van der Waals surface area contributed by atoms with Crippen molar-refractivity contribution in [1.82, 2.24) is 0 Å². The Hall–Kier alpha value is -0.770. The summed E-state index contributed by atoms with van der Waals surface area (Å²) in [6.45, 7) is 13.9. The maximum atomic E-state index is 9.15. The normalized spacial score (nSPS) is 7.40. The van der Waals surface area contributed by atoms with Crippen molar-refractivity contribution in [2.75, 3.05) is 7.11 Å². The maximum Gasteiger partial charge on any atom is 0.505 e. The van der Waals surface area contributed by atoms with Crippen molar-refractivity contribution < 1.29 is 19.7 Å². The minimum atomic E-state index is -1.25. The second-order valence-electron chi connectivity index (χ2n) is 3.30. The van der Waals surface area contributed by atoms with Crippen LogP contribution in [0.2, 0.25) is 0 Å². The summed E-state index contributed by atoms with van der Waals surface area (Å²) in [5.41, 5.74) is 0. The van der Waals surface area contributed by atoms with Gasteiger partial charge in [-0.1, -0.05) is 34.6 Å². The SMILES string of the molecule is CC.CC(C)C.CC(C)O.COC(=O)O. The third-order valence-corrected chi connectivity index (χ3v) is 0.175. The molecular formula is C11H28O4. The van der Waals surface area contributed by atoms with Crippen LogP contribution in [0.1, 0.15) is 48.5 Å². The first-order valence-electron chi connectivity index (χ1n) is 5.19. The molecule has 0 aromatic rings. The Morgan fingerprint density at radius 2 is 1.13 bits per heavy atom. The molecule has 0 spiro atoms. The highest BCUT2D eigenvalue weighted by Crippen LogP contribution is 1.81. The van der Waals surface area contributed by atoms with Gasteiger partial charge in [0.25, 0.3) is 0 Å². The van der Waals surface area contributed by atoms with Gasteiger partial charge in [-0.05, 0) is 19.8 Å². The summed E-state index contributed by atoms with van der Waals surface area (Å²) in [4.78, 5) is 9.15. The number of hydrogen-bond acceptors (Lipinski definition) is 3. The van der Waals surface area contributed by atoms with Crippen LogP contribution in [-0.2, 0) is 4.74 Å². The van der Waals surface area contributed by atoms with Crippen LogP contribution in [-0.4, -0.2) is 29.6 Å². The molecule has 0 aliphatic carbocycles. The van der Waals surface area contributed by atoms with E-state index in [0.29, 0.717) is 0 Å². The molecule has 96 valence electrons. The molecule has 0 radical (unpaired) electrons. The van der Waals surface area contributed by atoms with Crippen molar-refractivity contribution in [3.05, 3.63) is 0 Å². The Bertz CT molecular complexity index is 89.3. The zero-order valence-corrected chi connectivity index (χ0v) is 11.4. The lowest BCUT2D eigenvalue weighted by Gasteiger charge is -1.80. The third-order valence-electron chi connectivity index (χ3n) is 0.175. The minimum Gasteiger partial charge on any atom is -0.450 e. The summed E-state index contributed by atoms with van der Waals surface area (Å²) in [7, 11) is 1.10. The van der Waals surface area contributed by atoms with Gasteiger partial charge in [0.05, 0.1) is 7.11 Å². The first-order valence-corrected chi connectivity index (χ1v) is 5.19. The smallest absolute Gasteiger partial charge is 0.450 e. The van der Waals surface area contributed by atoms with Crippen LogP contribution in [0.15, 0.2) is 0 Å². The summed E-state index contributed by atoms with van der Waals surface area (Å²) >= 11 is 0. The quantitative estimate of drug-likeness (QED) is 0.619. The Labute approximate surface area is 94.3 Å². The molecule has 0 aliphatic rings. The topological polar surface area (TPSA) is 66.8 Å². The first kappa shape index (κ1) is 23.8. The molecule has 0 saturated carbocycles. The molecule has 0 rings (SSSR count). The fraction of sp³-hybridized carbons (Fsp3) is 0.909. The molecule has 0 aromatic heterocycles. The predicted molar refractivity (Wildman–Crippen MR) is 64.2 cm³/mol. The summed E-state index contributed by atoms with van der Waals surface area (Å²) < 4.78 is 3.67. The van der Waals surface area contributed by atoms with Gasteiger partial charge in [-0.3, -0.25) is 0 Å². The molecule has 4 heteroatoms. The fourth-order valence-corrected chi connectivity index (χ4v) is 0. The van der Waals surface area contributed by atoms with Crippen LogP contribution in [0.25, 0.3) is 0 Å². The van der Waals surface area contributed by atoms with Crippen molar-refractivity contribution in [2.24, 2.45) is 5.92 Å². The lowest BCUT2D eigenvalue weighted by atomic mass is 10.3. The van der Waals surface area contributed by atoms with Crippen molar-refractivity contribution in [2.45, 2.75) is 54.6 Å². The number of aliphatic hydroxyl groups excluding tert-OH is 1. The van der Waals surface area contributed by atoms with Crippen LogP contribution < -0.4 is 0 Å². The molecule has 0 atom stereocenters. The van der Waals surface area contributed by atoms with Gasteiger partial charge in [0.15, 0.2) is 0 Å². The van der Waals surface area contributed by atoms with Gasteiger partial charge in [-0.15, -0.1) is 0 Å². The molecule has 0 aromatic carbocycles. The van der Waals surface area contributed by atoms with Crippen LogP contribution >= 0.6 is 0 Å². The maximum absolute atomic E-state index is 9.15. The second kappa shape index (κ2) is 23.2. The molecule has 0 heterocycles. The summed E-state index contributed by atoms with van der Waals surface area (Å²) in [6.07, 6.45) is -1.41. The Balaban J connectivity index is -0.0000000562. The van der Waals surface area contributed by atoms with E-state index in [1.54, 1.807) is 13.8 Å². The third kappa shape index (κ3) is 1100. The highest BCUT2D eigenvalue weighted by molar-refractivity contribution is 5.56. The Morgan fingerprint density at radius 3 is 1.13 bits per heavy atom. The van der Waals surface area contributed by atoms with E-state index in [0.717, 1.165) is 13.0 Å². The average molecular weight is 224 g/mol. The first-order chi connectivity index (χ1) is 6.73. The van der Waals surface area contributed by atoms with Gasteiger partial charge >= 0.3 is 6.16 Å². The van der Waals surface area contributed by atoms with Gasteiger partial charge in [-0.25, -0.2) is 4.79 Å². The molecule has 4 nitrogen and oxygen atoms in total. The van der Waals surface area contributed by atoms with Crippen molar-refractivity contribution in [3.8, 4) is 0 Å². The lowest BCUT2D eigenvalue weighted by molar-refractivity contribution is 0.114. The van der Waals surface area contributed by atoms with Gasteiger partial charge in [0.2, 0.25) is 0 Å². The van der Waals surface area contributed by atoms with E-state index in [1.165, 1.54) is 0 Å². The Morgan fingerprint density at radius 1 is 1.07 bits per heavy atom. The van der Waals surface area contributed by atoms with Gasteiger partial charge in [-0.2, -0.15) is 0 Å². The minimum absolute atomic E-state index is 0.167. The fourth-order valence-electron chi connectivity index (χ4n) is 0. The van der Waals surface area contributed by atoms with Crippen LogP contribution in [0.4, 0.5) is 4.79 Å². The van der Waals surface area contributed by atoms with E-state index in [1.807, 2.05) is 13.8 Å². The van der Waals surface area contributed by atoms with Crippen molar-refractivity contribution in [3.63, 3.8) is 0 Å². The van der Waals surface area contributed by atoms with E-state index in [9.17, 15) is 0 Å². The molecule has 0 unspecified atom stereocenters. The molecule has 2 N–H and O–H groups in total. The number of hydrogen-bond donors (Lipinski definition) is 2. The monoisotopic (exact) mass is 224 g/mol. The van der Waals surface area contributed by atoms with Crippen molar-refractivity contribution in [1.29, 1.82) is 0 Å². The van der Waals surface area contributed by atoms with E-state index >= 15 is 0 Å². The number of rotatable bonds is 0. The summed E-state index contributed by atoms with van der Waals surface area (Å²) in [5.74, 6) is 0.833. The van der Waals surface area contributed by atoms with Crippen LogP contribution in [0.3, 0.4) is 0 Å². The Kier molecular flexibility index (Phi) is 36.9. The molecule has 15 heavy (non-hydrogen) atoms. The van der Waals surface area contributed by atoms with Crippen LogP contribution in [0, 0.1) is 5.92 Å². The largest absolute Gasteiger partial charge is 0.505 e. The molecule has 0 fully saturated rings. The summed E-state index contributed by atoms with van der Waals surface area (Å²) in [6, 6.07) is 0. The van der Waals surface area contributed by atoms with Gasteiger partial charge in [0.1, 0.15) is 0 Å². The van der Waals surface area contributed by atoms with Crippen molar-refractivity contribution >= 4 is 6.16 Å². The highest BCUT2D eigenvalue weighted by Gasteiger charge is 1.80. The zero-order valence-electron chi connectivity index (χ0n) is 11.4. The molecule has 0 aliphatic heterocycles. The molecule has 0 saturated heterocycles. The number of ether oxygens (including phenoxy) is 1. The van der Waals surface area contributed by atoms with Gasteiger partial charge in [0, 0.05) is 6.10 Å². The molecule has 0 bridgehead atoms. The van der Waals surface area contributed by atoms with E-state index in [2.05, 4.69) is 25.5 Å². The van der Waals surface area contributed by atoms with Gasteiger partial charge < -0.3 is 14.9 Å². The zero-order chi connectivity index (χ0) is 13.4. The number of carbonyl (C=O) groups is 1.